The Morgan fingerprint density at radius 3 is 2.77 bits per heavy atom. The summed E-state index contributed by atoms with van der Waals surface area (Å²) in [7, 11) is 0. The first kappa shape index (κ1) is 20.6. The van der Waals surface area contributed by atoms with E-state index in [1.54, 1.807) is 25.1 Å². The SMILES string of the molecule is Cc1ccc(OCc2cc(=O)n3oc(C)cc3n2)c(NC(=O)c2ccc(F)c(Cl)c2)c1. The molecule has 158 valence electrons. The summed E-state index contributed by atoms with van der Waals surface area (Å²) in [6.07, 6.45) is 0. The third kappa shape index (κ3) is 4.44. The average Bonchev–Trinajstić information content (AvgIpc) is 3.10. The second-order valence-electron chi connectivity index (χ2n) is 6.96. The average molecular weight is 442 g/mol. The number of halogens is 2. The van der Waals surface area contributed by atoms with E-state index < -0.39 is 11.7 Å². The number of carbonyl (C=O) groups excluding carboxylic acids is 1. The molecule has 7 nitrogen and oxygen atoms in total. The van der Waals surface area contributed by atoms with Crippen LogP contribution in [0.4, 0.5) is 10.1 Å². The summed E-state index contributed by atoms with van der Waals surface area (Å²) in [5, 5.41) is 2.61. The maximum absolute atomic E-state index is 13.4. The van der Waals surface area contributed by atoms with Crippen LogP contribution in [0.25, 0.3) is 5.65 Å². The molecule has 0 spiro atoms. The third-order valence-corrected chi connectivity index (χ3v) is 4.75. The number of fused-ring (bicyclic) bond motifs is 1. The van der Waals surface area contributed by atoms with Crippen molar-refractivity contribution in [3.8, 4) is 5.75 Å². The monoisotopic (exact) mass is 441 g/mol. The Bertz CT molecular complexity index is 1360. The second kappa shape index (κ2) is 8.23. The summed E-state index contributed by atoms with van der Waals surface area (Å²) in [5.74, 6) is -0.125. The van der Waals surface area contributed by atoms with E-state index in [0.717, 1.165) is 16.2 Å². The Kier molecular flexibility index (Phi) is 5.48. The number of amides is 1. The summed E-state index contributed by atoms with van der Waals surface area (Å²) in [6.45, 7) is 3.59. The maximum atomic E-state index is 13.4. The highest BCUT2D eigenvalue weighted by atomic mass is 35.5. The fourth-order valence-electron chi connectivity index (χ4n) is 3.00. The van der Waals surface area contributed by atoms with Crippen LogP contribution >= 0.6 is 11.6 Å². The van der Waals surface area contributed by atoms with Gasteiger partial charge in [-0.25, -0.2) is 9.37 Å². The standard InChI is InChI=1S/C22H17ClFN3O4/c1-12-3-6-19(18(7-12)26-22(29)14-4-5-17(24)16(23)9-14)30-11-15-10-21(28)27-20(25-15)8-13(2)31-27/h3-10H,11H2,1-2H3,(H,26,29). The fourth-order valence-corrected chi connectivity index (χ4v) is 3.18. The van der Waals surface area contributed by atoms with Gasteiger partial charge >= 0.3 is 0 Å². The van der Waals surface area contributed by atoms with Gasteiger partial charge in [-0.1, -0.05) is 17.7 Å². The molecule has 4 aromatic rings. The van der Waals surface area contributed by atoms with Crippen molar-refractivity contribution in [1.29, 1.82) is 0 Å². The third-order valence-electron chi connectivity index (χ3n) is 4.46. The lowest BCUT2D eigenvalue weighted by atomic mass is 10.1. The van der Waals surface area contributed by atoms with Crippen molar-refractivity contribution >= 4 is 28.8 Å². The number of carbonyl (C=O) groups is 1. The molecular formula is C22H17ClFN3O4. The van der Waals surface area contributed by atoms with Crippen LogP contribution in [0.5, 0.6) is 5.75 Å². The van der Waals surface area contributed by atoms with Crippen molar-refractivity contribution in [3.05, 3.63) is 92.3 Å². The lowest BCUT2D eigenvalue weighted by Crippen LogP contribution is -2.15. The number of hydrogen-bond donors (Lipinski definition) is 1. The van der Waals surface area contributed by atoms with Gasteiger partial charge in [-0.2, -0.15) is 0 Å². The molecule has 9 heteroatoms. The van der Waals surface area contributed by atoms with Crippen LogP contribution in [0.2, 0.25) is 5.02 Å². The molecule has 4 rings (SSSR count). The minimum absolute atomic E-state index is 0.00424. The number of ether oxygens (including phenoxy) is 1. The molecule has 31 heavy (non-hydrogen) atoms. The zero-order valence-corrected chi connectivity index (χ0v) is 17.4. The van der Waals surface area contributed by atoms with Crippen LogP contribution in [-0.2, 0) is 6.61 Å². The Labute approximate surface area is 181 Å². The van der Waals surface area contributed by atoms with Gasteiger partial charge in [-0.3, -0.25) is 9.59 Å². The molecule has 0 aliphatic heterocycles. The molecule has 1 N–H and O–H groups in total. The van der Waals surface area contributed by atoms with Gasteiger partial charge in [-0.05, 0) is 49.7 Å². The number of benzene rings is 2. The van der Waals surface area contributed by atoms with Gasteiger partial charge < -0.3 is 14.6 Å². The molecule has 0 atom stereocenters. The molecule has 0 bridgehead atoms. The molecule has 0 fully saturated rings. The molecule has 0 aliphatic carbocycles. The predicted molar refractivity (Wildman–Crippen MR) is 113 cm³/mol. The van der Waals surface area contributed by atoms with Crippen LogP contribution in [-0.4, -0.2) is 15.5 Å². The second-order valence-corrected chi connectivity index (χ2v) is 7.36. The van der Waals surface area contributed by atoms with Crippen LogP contribution in [0.15, 0.2) is 57.8 Å². The highest BCUT2D eigenvalue weighted by Gasteiger charge is 2.14. The van der Waals surface area contributed by atoms with Crippen molar-refractivity contribution in [2.24, 2.45) is 0 Å². The van der Waals surface area contributed by atoms with E-state index in [2.05, 4.69) is 10.3 Å². The van der Waals surface area contributed by atoms with Gasteiger partial charge in [0, 0.05) is 17.7 Å². The highest BCUT2D eigenvalue weighted by Crippen LogP contribution is 2.27. The maximum Gasteiger partial charge on any atom is 0.287 e. The Morgan fingerprint density at radius 2 is 2.00 bits per heavy atom. The fraction of sp³-hybridized carbons (Fsp3) is 0.136. The molecule has 0 saturated heterocycles. The van der Waals surface area contributed by atoms with Crippen molar-refractivity contribution < 1.29 is 18.4 Å². The normalized spacial score (nSPS) is 11.0. The number of nitrogens with zero attached hydrogens (tertiary/aromatic N) is 2. The van der Waals surface area contributed by atoms with E-state index in [9.17, 15) is 14.0 Å². The quantitative estimate of drug-likeness (QED) is 0.492. The number of aromatic nitrogens is 2. The Hall–Kier alpha value is -3.65. The lowest BCUT2D eigenvalue weighted by molar-refractivity contribution is 0.102. The first-order valence-corrected chi connectivity index (χ1v) is 9.67. The summed E-state index contributed by atoms with van der Waals surface area (Å²) in [4.78, 5) is 29.1. The molecule has 2 heterocycles. The topological polar surface area (TPSA) is 85.8 Å². The summed E-state index contributed by atoms with van der Waals surface area (Å²) >= 11 is 5.77. The number of rotatable bonds is 5. The van der Waals surface area contributed by atoms with Crippen LogP contribution in [0.3, 0.4) is 0 Å². The molecule has 0 saturated carbocycles. The van der Waals surface area contributed by atoms with E-state index in [0.29, 0.717) is 28.5 Å². The van der Waals surface area contributed by atoms with Crippen LogP contribution in [0.1, 0.15) is 27.4 Å². The Morgan fingerprint density at radius 1 is 1.19 bits per heavy atom. The molecule has 0 radical (unpaired) electrons. The van der Waals surface area contributed by atoms with E-state index in [1.807, 2.05) is 13.0 Å². The van der Waals surface area contributed by atoms with Gasteiger partial charge in [0.05, 0.1) is 16.4 Å². The number of aryl methyl sites for hydroxylation is 2. The zero-order chi connectivity index (χ0) is 22.1. The summed E-state index contributed by atoms with van der Waals surface area (Å²) in [5.41, 5.74) is 1.95. The van der Waals surface area contributed by atoms with E-state index in [1.165, 1.54) is 18.2 Å². The minimum atomic E-state index is -0.606. The lowest BCUT2D eigenvalue weighted by Gasteiger charge is -2.13. The van der Waals surface area contributed by atoms with Crippen LogP contribution < -0.4 is 15.6 Å². The molecule has 0 aliphatic rings. The van der Waals surface area contributed by atoms with E-state index in [-0.39, 0.29) is 22.8 Å². The molecule has 1 amide bonds. The molecule has 0 unspecified atom stereocenters. The van der Waals surface area contributed by atoms with E-state index in [4.69, 9.17) is 20.9 Å². The smallest absolute Gasteiger partial charge is 0.287 e. The highest BCUT2D eigenvalue weighted by molar-refractivity contribution is 6.31. The number of nitrogens with one attached hydrogen (secondary N) is 1. The van der Waals surface area contributed by atoms with Crippen LogP contribution in [0, 0.1) is 19.7 Å². The van der Waals surface area contributed by atoms with Crippen molar-refractivity contribution in [2.45, 2.75) is 20.5 Å². The molecule has 2 aromatic carbocycles. The van der Waals surface area contributed by atoms with Crippen molar-refractivity contribution in [1.82, 2.24) is 9.56 Å². The van der Waals surface area contributed by atoms with Gasteiger partial charge in [0.25, 0.3) is 11.5 Å². The number of hydrogen-bond acceptors (Lipinski definition) is 5. The zero-order valence-electron chi connectivity index (χ0n) is 16.6. The first-order chi connectivity index (χ1) is 14.8. The van der Waals surface area contributed by atoms with Gasteiger partial charge in [0.2, 0.25) is 0 Å². The summed E-state index contributed by atoms with van der Waals surface area (Å²) in [6, 6.07) is 12.0. The predicted octanol–water partition coefficient (Wildman–Crippen LogP) is 4.53. The number of anilines is 1. The van der Waals surface area contributed by atoms with E-state index >= 15 is 0 Å². The minimum Gasteiger partial charge on any atom is -0.485 e. The van der Waals surface area contributed by atoms with Gasteiger partial charge in [0.15, 0.2) is 5.65 Å². The molecular weight excluding hydrogens is 425 g/mol. The summed E-state index contributed by atoms with van der Waals surface area (Å²) < 4.78 is 25.6. The largest absolute Gasteiger partial charge is 0.485 e. The van der Waals surface area contributed by atoms with Gasteiger partial charge in [0.1, 0.15) is 23.9 Å². The first-order valence-electron chi connectivity index (χ1n) is 9.29. The Balaban J connectivity index is 1.56. The molecule has 2 aromatic heterocycles. The van der Waals surface area contributed by atoms with Crippen molar-refractivity contribution in [2.75, 3.05) is 5.32 Å². The van der Waals surface area contributed by atoms with Gasteiger partial charge in [-0.15, -0.1) is 4.57 Å². The van der Waals surface area contributed by atoms with Crippen molar-refractivity contribution in [3.63, 3.8) is 0 Å².